The van der Waals surface area contributed by atoms with E-state index >= 15 is 0 Å². The Morgan fingerprint density at radius 3 is 3.00 bits per heavy atom. The van der Waals surface area contributed by atoms with E-state index in [4.69, 9.17) is 0 Å². The van der Waals surface area contributed by atoms with Crippen LogP contribution in [-0.4, -0.2) is 50.1 Å². The van der Waals surface area contributed by atoms with E-state index in [-0.39, 0.29) is 5.91 Å². The van der Waals surface area contributed by atoms with Gasteiger partial charge in [-0.1, -0.05) is 0 Å². The summed E-state index contributed by atoms with van der Waals surface area (Å²) in [5.41, 5.74) is 0. The molecular formula is C12H23N3O. The Hall–Kier alpha value is -0.610. The Labute approximate surface area is 97.8 Å². The summed E-state index contributed by atoms with van der Waals surface area (Å²) in [7, 11) is 1.71. The van der Waals surface area contributed by atoms with Gasteiger partial charge in [0.05, 0.1) is 0 Å². The predicted molar refractivity (Wildman–Crippen MR) is 64.2 cm³/mol. The van der Waals surface area contributed by atoms with Crippen LogP contribution < -0.4 is 10.6 Å². The van der Waals surface area contributed by atoms with Crippen LogP contribution in [0.25, 0.3) is 0 Å². The van der Waals surface area contributed by atoms with Crippen LogP contribution in [0.15, 0.2) is 0 Å². The Morgan fingerprint density at radius 1 is 1.50 bits per heavy atom. The normalized spacial score (nSPS) is 34.0. The number of rotatable bonds is 4. The highest BCUT2D eigenvalue weighted by molar-refractivity contribution is 5.75. The molecule has 0 aromatic carbocycles. The van der Waals surface area contributed by atoms with Gasteiger partial charge in [0.1, 0.15) is 0 Å². The fourth-order valence-electron chi connectivity index (χ4n) is 3.12. The maximum absolute atomic E-state index is 11.1. The van der Waals surface area contributed by atoms with Gasteiger partial charge in [0.2, 0.25) is 5.91 Å². The van der Waals surface area contributed by atoms with Crippen LogP contribution in [0.2, 0.25) is 0 Å². The van der Waals surface area contributed by atoms with Crippen LogP contribution in [0.3, 0.4) is 0 Å². The molecule has 4 nitrogen and oxygen atoms in total. The van der Waals surface area contributed by atoms with Crippen molar-refractivity contribution in [3.8, 4) is 0 Å². The number of fused-ring (bicyclic) bond motifs is 1. The molecule has 0 spiro atoms. The molecule has 1 amide bonds. The molecule has 3 atom stereocenters. The maximum atomic E-state index is 11.1. The van der Waals surface area contributed by atoms with Gasteiger partial charge in [0, 0.05) is 26.1 Å². The quantitative estimate of drug-likeness (QED) is 0.711. The zero-order chi connectivity index (χ0) is 11.5. The lowest BCUT2D eigenvalue weighted by Crippen LogP contribution is -2.34. The van der Waals surface area contributed by atoms with Crippen LogP contribution in [0.5, 0.6) is 0 Å². The monoisotopic (exact) mass is 225 g/mol. The van der Waals surface area contributed by atoms with E-state index < -0.39 is 0 Å². The smallest absolute Gasteiger partial charge is 0.219 e. The van der Waals surface area contributed by atoms with Crippen molar-refractivity contribution in [2.75, 3.05) is 33.2 Å². The van der Waals surface area contributed by atoms with Gasteiger partial charge >= 0.3 is 0 Å². The second-order valence-electron chi connectivity index (χ2n) is 5.09. The highest BCUT2D eigenvalue weighted by Crippen LogP contribution is 2.32. The molecule has 2 heterocycles. The topological polar surface area (TPSA) is 44.4 Å². The van der Waals surface area contributed by atoms with E-state index in [1.54, 1.807) is 7.05 Å². The molecule has 0 radical (unpaired) electrons. The van der Waals surface area contributed by atoms with Crippen molar-refractivity contribution in [2.45, 2.75) is 25.8 Å². The molecule has 4 heteroatoms. The van der Waals surface area contributed by atoms with Gasteiger partial charge in [-0.3, -0.25) is 9.69 Å². The molecule has 2 saturated heterocycles. The number of carbonyl (C=O) groups excluding carboxylic acids is 1. The summed E-state index contributed by atoms with van der Waals surface area (Å²) in [6.45, 7) is 6.98. The first-order chi connectivity index (χ1) is 7.72. The Balaban J connectivity index is 1.73. The predicted octanol–water partition coefficient (Wildman–Crippen LogP) is 0.0523. The molecule has 0 aliphatic carbocycles. The largest absolute Gasteiger partial charge is 0.359 e. The molecule has 2 N–H and O–H groups in total. The van der Waals surface area contributed by atoms with E-state index in [9.17, 15) is 4.79 Å². The zero-order valence-corrected chi connectivity index (χ0v) is 10.3. The zero-order valence-electron chi connectivity index (χ0n) is 10.3. The summed E-state index contributed by atoms with van der Waals surface area (Å²) in [5, 5.41) is 6.14. The fraction of sp³-hybridized carbons (Fsp3) is 0.917. The Morgan fingerprint density at radius 2 is 2.31 bits per heavy atom. The van der Waals surface area contributed by atoms with Crippen LogP contribution in [0.1, 0.15) is 19.8 Å². The fourth-order valence-corrected chi connectivity index (χ4v) is 3.12. The molecule has 2 rings (SSSR count). The van der Waals surface area contributed by atoms with Crippen LogP contribution in [0.4, 0.5) is 0 Å². The standard InChI is InChI=1S/C12H23N3O/c1-9-11-7-14-6-10(11)8-15(9)5-3-4-12(16)13-2/h9-11,14H,3-8H2,1-2H3,(H,13,16). The number of nitrogens with zero attached hydrogens (tertiary/aromatic N) is 1. The SMILES string of the molecule is CNC(=O)CCCN1CC2CNCC2C1C. The molecule has 2 fully saturated rings. The average Bonchev–Trinajstić information content (AvgIpc) is 2.83. The van der Waals surface area contributed by atoms with Gasteiger partial charge in [0.25, 0.3) is 0 Å². The van der Waals surface area contributed by atoms with Crippen molar-refractivity contribution < 1.29 is 4.79 Å². The number of carbonyl (C=O) groups is 1. The molecule has 16 heavy (non-hydrogen) atoms. The molecule has 2 aliphatic heterocycles. The minimum Gasteiger partial charge on any atom is -0.359 e. The van der Waals surface area contributed by atoms with Crippen LogP contribution in [-0.2, 0) is 4.79 Å². The second-order valence-corrected chi connectivity index (χ2v) is 5.09. The first-order valence-electron chi connectivity index (χ1n) is 6.37. The summed E-state index contributed by atoms with van der Waals surface area (Å²) >= 11 is 0. The lowest BCUT2D eigenvalue weighted by atomic mass is 9.95. The van der Waals surface area contributed by atoms with Gasteiger partial charge in [-0.25, -0.2) is 0 Å². The number of amides is 1. The minimum atomic E-state index is 0.161. The lowest BCUT2D eigenvalue weighted by Gasteiger charge is -2.23. The first-order valence-corrected chi connectivity index (χ1v) is 6.37. The third-order valence-electron chi connectivity index (χ3n) is 4.18. The molecular weight excluding hydrogens is 202 g/mol. The molecule has 0 saturated carbocycles. The summed E-state index contributed by atoms with van der Waals surface area (Å²) in [6, 6.07) is 0.685. The maximum Gasteiger partial charge on any atom is 0.219 e. The molecule has 0 bridgehead atoms. The highest BCUT2D eigenvalue weighted by Gasteiger charge is 2.41. The van der Waals surface area contributed by atoms with Gasteiger partial charge < -0.3 is 10.6 Å². The second kappa shape index (κ2) is 5.15. The Bertz CT molecular complexity index is 257. The van der Waals surface area contributed by atoms with Crippen molar-refractivity contribution in [1.29, 1.82) is 0 Å². The van der Waals surface area contributed by atoms with Crippen molar-refractivity contribution >= 4 is 5.91 Å². The molecule has 92 valence electrons. The van der Waals surface area contributed by atoms with Crippen molar-refractivity contribution in [3.05, 3.63) is 0 Å². The van der Waals surface area contributed by atoms with Crippen LogP contribution >= 0.6 is 0 Å². The summed E-state index contributed by atoms with van der Waals surface area (Å²) in [5.74, 6) is 1.84. The molecule has 3 unspecified atom stereocenters. The van der Waals surface area contributed by atoms with E-state index in [1.165, 1.54) is 19.6 Å². The van der Waals surface area contributed by atoms with E-state index in [0.717, 1.165) is 24.8 Å². The lowest BCUT2D eigenvalue weighted by molar-refractivity contribution is -0.120. The third kappa shape index (κ3) is 2.38. The highest BCUT2D eigenvalue weighted by atomic mass is 16.1. The van der Waals surface area contributed by atoms with Crippen molar-refractivity contribution in [1.82, 2.24) is 15.5 Å². The van der Waals surface area contributed by atoms with Gasteiger partial charge in [-0.2, -0.15) is 0 Å². The number of hydrogen-bond donors (Lipinski definition) is 2. The summed E-state index contributed by atoms with van der Waals surface area (Å²) < 4.78 is 0. The Kier molecular flexibility index (Phi) is 3.82. The average molecular weight is 225 g/mol. The van der Waals surface area contributed by atoms with Gasteiger partial charge in [0.15, 0.2) is 0 Å². The first kappa shape index (κ1) is 11.9. The number of nitrogens with one attached hydrogen (secondary N) is 2. The van der Waals surface area contributed by atoms with E-state index in [0.29, 0.717) is 12.5 Å². The summed E-state index contributed by atoms with van der Waals surface area (Å²) in [4.78, 5) is 13.7. The summed E-state index contributed by atoms with van der Waals surface area (Å²) in [6.07, 6.45) is 1.64. The van der Waals surface area contributed by atoms with Gasteiger partial charge in [-0.05, 0) is 44.8 Å². The minimum absolute atomic E-state index is 0.161. The van der Waals surface area contributed by atoms with E-state index in [1.807, 2.05) is 0 Å². The molecule has 0 aromatic heterocycles. The molecule has 2 aliphatic rings. The van der Waals surface area contributed by atoms with Crippen LogP contribution in [0, 0.1) is 11.8 Å². The molecule has 0 aromatic rings. The van der Waals surface area contributed by atoms with Crippen molar-refractivity contribution in [2.24, 2.45) is 11.8 Å². The number of hydrogen-bond acceptors (Lipinski definition) is 3. The number of likely N-dealkylation sites (tertiary alicyclic amines) is 1. The van der Waals surface area contributed by atoms with Crippen molar-refractivity contribution in [3.63, 3.8) is 0 Å². The van der Waals surface area contributed by atoms with E-state index in [2.05, 4.69) is 22.5 Å². The third-order valence-corrected chi connectivity index (χ3v) is 4.18. The van der Waals surface area contributed by atoms with Gasteiger partial charge in [-0.15, -0.1) is 0 Å².